The van der Waals surface area contributed by atoms with Gasteiger partial charge < -0.3 is 10.2 Å². The largest absolute Gasteiger partial charge is 0.354 e. The number of aryl methyl sites for hydroxylation is 1. The number of rotatable bonds is 12. The van der Waals surface area contributed by atoms with Crippen molar-refractivity contribution in [2.45, 2.75) is 51.1 Å². The van der Waals surface area contributed by atoms with Gasteiger partial charge in [-0.25, -0.2) is 8.42 Å². The third kappa shape index (κ3) is 8.13. The number of amides is 2. The van der Waals surface area contributed by atoms with Crippen molar-refractivity contribution < 1.29 is 18.0 Å². The molecule has 3 aromatic carbocycles. The molecule has 0 aliphatic rings. The number of hydrogen-bond acceptors (Lipinski definition) is 4. The first kappa shape index (κ1) is 31.7. The van der Waals surface area contributed by atoms with Gasteiger partial charge in [0.15, 0.2) is 0 Å². The van der Waals surface area contributed by atoms with Crippen molar-refractivity contribution in [1.82, 2.24) is 10.2 Å². The van der Waals surface area contributed by atoms with Crippen molar-refractivity contribution in [1.29, 1.82) is 0 Å². The highest BCUT2D eigenvalue weighted by Gasteiger charge is 2.32. The van der Waals surface area contributed by atoms with Crippen LogP contribution in [0.15, 0.2) is 71.6 Å². The van der Waals surface area contributed by atoms with Crippen LogP contribution < -0.4 is 9.62 Å². The summed E-state index contributed by atoms with van der Waals surface area (Å²) in [6, 6.07) is 16.5. The number of unbranched alkanes of at least 4 members (excludes halogenated alkanes) is 1. The highest BCUT2D eigenvalue weighted by molar-refractivity contribution is 7.92. The van der Waals surface area contributed by atoms with Crippen LogP contribution in [0.4, 0.5) is 5.69 Å². The lowest BCUT2D eigenvalue weighted by atomic mass is 10.1. The molecule has 0 bridgehead atoms. The van der Waals surface area contributed by atoms with E-state index >= 15 is 0 Å². The molecule has 40 heavy (non-hydrogen) atoms. The number of sulfonamides is 1. The molecule has 0 heterocycles. The molecule has 7 nitrogen and oxygen atoms in total. The van der Waals surface area contributed by atoms with Gasteiger partial charge in [0.25, 0.3) is 10.0 Å². The van der Waals surface area contributed by atoms with Gasteiger partial charge in [-0.15, -0.1) is 0 Å². The summed E-state index contributed by atoms with van der Waals surface area (Å²) >= 11 is 18.4. The maximum absolute atomic E-state index is 13.9. The van der Waals surface area contributed by atoms with Gasteiger partial charge in [-0.05, 0) is 74.4 Å². The Hall–Kier alpha value is -2.78. The molecule has 0 saturated heterocycles. The zero-order chi connectivity index (χ0) is 29.4. The average Bonchev–Trinajstić information content (AvgIpc) is 2.91. The summed E-state index contributed by atoms with van der Waals surface area (Å²) < 4.78 is 28.7. The first-order chi connectivity index (χ1) is 18.9. The van der Waals surface area contributed by atoms with Crippen LogP contribution in [0.1, 0.15) is 37.8 Å². The van der Waals surface area contributed by atoms with E-state index in [9.17, 15) is 18.0 Å². The lowest BCUT2D eigenvalue weighted by molar-refractivity contribution is -0.139. The highest BCUT2D eigenvalue weighted by atomic mass is 35.5. The Morgan fingerprint density at radius 3 is 2.15 bits per heavy atom. The number of halogens is 3. The Balaban J connectivity index is 2.01. The molecule has 0 aliphatic carbocycles. The topological polar surface area (TPSA) is 86.8 Å². The first-order valence-corrected chi connectivity index (χ1v) is 15.4. The van der Waals surface area contributed by atoms with Crippen LogP contribution >= 0.6 is 34.8 Å². The maximum atomic E-state index is 13.9. The molecule has 0 aromatic heterocycles. The molecular formula is C29H32Cl3N3O4S. The molecule has 1 N–H and O–H groups in total. The summed E-state index contributed by atoms with van der Waals surface area (Å²) in [7, 11) is -4.18. The molecule has 214 valence electrons. The molecule has 2 amide bonds. The molecule has 11 heteroatoms. The van der Waals surface area contributed by atoms with E-state index in [1.165, 1.54) is 29.2 Å². The fourth-order valence-corrected chi connectivity index (χ4v) is 5.93. The second-order valence-electron chi connectivity index (χ2n) is 9.38. The van der Waals surface area contributed by atoms with E-state index in [4.69, 9.17) is 34.8 Å². The Morgan fingerprint density at radius 1 is 0.925 bits per heavy atom. The standard InChI is InChI=1S/C29H32Cl3N3O4S/c1-4-5-16-33-29(37)21(3)34(18-22-8-9-24(31)17-27(22)32)28(36)19-35(25-12-6-20(2)7-13-25)40(38,39)26-14-10-23(30)11-15-26/h6-15,17,21H,4-5,16,18-19H2,1-3H3,(H,33,37)/t21-/m1/s1. The molecule has 0 radical (unpaired) electrons. The zero-order valence-electron chi connectivity index (χ0n) is 22.5. The quantitative estimate of drug-likeness (QED) is 0.234. The van der Waals surface area contributed by atoms with Crippen LogP contribution in [-0.4, -0.2) is 44.3 Å². The number of carbonyl (C=O) groups is 2. The minimum absolute atomic E-state index is 0.0251. The van der Waals surface area contributed by atoms with Crippen molar-refractivity contribution in [2.24, 2.45) is 0 Å². The first-order valence-electron chi connectivity index (χ1n) is 12.8. The van der Waals surface area contributed by atoms with E-state index in [0.29, 0.717) is 32.9 Å². The van der Waals surface area contributed by atoms with Gasteiger partial charge in [0, 0.05) is 28.2 Å². The lowest BCUT2D eigenvalue weighted by Crippen LogP contribution is -2.51. The third-order valence-electron chi connectivity index (χ3n) is 6.36. The fraction of sp³-hybridized carbons (Fsp3) is 0.310. The predicted octanol–water partition coefficient (Wildman–Crippen LogP) is 6.48. The zero-order valence-corrected chi connectivity index (χ0v) is 25.6. The number of carbonyl (C=O) groups excluding carboxylic acids is 2. The van der Waals surface area contributed by atoms with Crippen LogP contribution in [0, 0.1) is 6.92 Å². The van der Waals surface area contributed by atoms with Crippen molar-refractivity contribution >= 4 is 62.3 Å². The van der Waals surface area contributed by atoms with Crippen LogP contribution in [0.2, 0.25) is 15.1 Å². The van der Waals surface area contributed by atoms with Crippen molar-refractivity contribution in [2.75, 3.05) is 17.4 Å². The second kappa shape index (κ2) is 14.2. The lowest BCUT2D eigenvalue weighted by Gasteiger charge is -2.32. The molecule has 3 aromatic rings. The van der Waals surface area contributed by atoms with Gasteiger partial charge in [-0.3, -0.25) is 13.9 Å². The molecular weight excluding hydrogens is 593 g/mol. The summed E-state index contributed by atoms with van der Waals surface area (Å²) in [4.78, 5) is 28.3. The van der Waals surface area contributed by atoms with Crippen LogP contribution in [0.25, 0.3) is 0 Å². The SMILES string of the molecule is CCCCNC(=O)[C@@H](C)N(Cc1ccc(Cl)cc1Cl)C(=O)CN(c1ccc(C)cc1)S(=O)(=O)c1ccc(Cl)cc1. The van der Waals surface area contributed by atoms with Gasteiger partial charge in [0.05, 0.1) is 10.6 Å². The molecule has 0 spiro atoms. The molecule has 0 unspecified atom stereocenters. The van der Waals surface area contributed by atoms with Crippen LogP contribution in [0.3, 0.4) is 0 Å². The second-order valence-corrected chi connectivity index (χ2v) is 12.5. The Labute approximate surface area is 251 Å². The number of nitrogens with zero attached hydrogens (tertiary/aromatic N) is 2. The molecule has 0 aliphatic heterocycles. The normalized spacial score (nSPS) is 12.1. The Bertz CT molecular complexity index is 1430. The summed E-state index contributed by atoms with van der Waals surface area (Å²) in [6.45, 7) is 5.38. The smallest absolute Gasteiger partial charge is 0.264 e. The van der Waals surface area contributed by atoms with Crippen molar-refractivity contribution in [3.63, 3.8) is 0 Å². The van der Waals surface area contributed by atoms with Crippen molar-refractivity contribution in [3.05, 3.63) is 92.9 Å². The summed E-state index contributed by atoms with van der Waals surface area (Å²) in [5.41, 5.74) is 1.80. The molecule has 0 saturated carbocycles. The van der Waals surface area contributed by atoms with E-state index in [2.05, 4.69) is 5.32 Å². The van der Waals surface area contributed by atoms with Gasteiger partial charge in [0.2, 0.25) is 11.8 Å². The van der Waals surface area contributed by atoms with E-state index in [-0.39, 0.29) is 17.3 Å². The fourth-order valence-electron chi connectivity index (χ4n) is 3.93. The summed E-state index contributed by atoms with van der Waals surface area (Å²) in [5.74, 6) is -0.934. The number of anilines is 1. The highest BCUT2D eigenvalue weighted by Crippen LogP contribution is 2.27. The van der Waals surface area contributed by atoms with Gasteiger partial charge in [-0.2, -0.15) is 0 Å². The third-order valence-corrected chi connectivity index (χ3v) is 8.98. The maximum Gasteiger partial charge on any atom is 0.264 e. The minimum atomic E-state index is -4.18. The molecule has 0 fully saturated rings. The van der Waals surface area contributed by atoms with E-state index in [1.54, 1.807) is 49.4 Å². The van der Waals surface area contributed by atoms with Gasteiger partial charge in [-0.1, -0.05) is 71.9 Å². The van der Waals surface area contributed by atoms with E-state index in [1.807, 2.05) is 13.8 Å². The number of benzene rings is 3. The van der Waals surface area contributed by atoms with E-state index < -0.39 is 28.5 Å². The molecule has 3 rings (SSSR count). The number of hydrogen-bond donors (Lipinski definition) is 1. The number of nitrogens with one attached hydrogen (secondary N) is 1. The van der Waals surface area contributed by atoms with E-state index in [0.717, 1.165) is 22.7 Å². The Kier molecular flexibility index (Phi) is 11.3. The average molecular weight is 625 g/mol. The predicted molar refractivity (Wildman–Crippen MR) is 162 cm³/mol. The van der Waals surface area contributed by atoms with Crippen LogP contribution in [-0.2, 0) is 26.2 Å². The molecule has 1 atom stereocenters. The van der Waals surface area contributed by atoms with Gasteiger partial charge >= 0.3 is 0 Å². The van der Waals surface area contributed by atoms with Gasteiger partial charge in [0.1, 0.15) is 12.6 Å². The van der Waals surface area contributed by atoms with Crippen LogP contribution in [0.5, 0.6) is 0 Å². The monoisotopic (exact) mass is 623 g/mol. The summed E-state index contributed by atoms with van der Waals surface area (Å²) in [6.07, 6.45) is 1.68. The summed E-state index contributed by atoms with van der Waals surface area (Å²) in [5, 5.41) is 3.98. The minimum Gasteiger partial charge on any atom is -0.354 e. The van der Waals surface area contributed by atoms with Crippen molar-refractivity contribution in [3.8, 4) is 0 Å². The Morgan fingerprint density at radius 2 is 1.55 bits per heavy atom.